The molecular weight excluding hydrogens is 254 g/mol. The number of nitro groups is 1. The van der Waals surface area contributed by atoms with Crippen molar-refractivity contribution in [3.63, 3.8) is 0 Å². The molecule has 0 heterocycles. The second kappa shape index (κ2) is 5.48. The number of carbonyl (C=O) groups is 1. The van der Waals surface area contributed by atoms with Crippen molar-refractivity contribution in [2.24, 2.45) is 11.3 Å². The minimum atomic E-state index is -0.447. The third-order valence-electron chi connectivity index (χ3n) is 2.91. The van der Waals surface area contributed by atoms with E-state index >= 15 is 0 Å². The van der Waals surface area contributed by atoms with Crippen LogP contribution in [0.2, 0.25) is 0 Å². The fourth-order valence-electron chi connectivity index (χ4n) is 1.72. The van der Waals surface area contributed by atoms with Gasteiger partial charge in [0.2, 0.25) is 5.24 Å². The Kier molecular flexibility index (Phi) is 4.46. The topological polar surface area (TPSA) is 60.2 Å². The van der Waals surface area contributed by atoms with Crippen LogP contribution in [0, 0.1) is 21.4 Å². The second-order valence-electron chi connectivity index (χ2n) is 5.35. The lowest BCUT2D eigenvalue weighted by molar-refractivity contribution is -0.384. The normalized spacial score (nSPS) is 13.1. The van der Waals surface area contributed by atoms with Crippen molar-refractivity contribution in [2.75, 3.05) is 0 Å². The van der Waals surface area contributed by atoms with Crippen molar-refractivity contribution in [2.45, 2.75) is 27.2 Å². The molecule has 0 bridgehead atoms. The number of benzene rings is 1. The van der Waals surface area contributed by atoms with E-state index in [4.69, 9.17) is 11.6 Å². The molecule has 0 aliphatic heterocycles. The highest BCUT2D eigenvalue weighted by Crippen LogP contribution is 2.31. The Hall–Kier alpha value is -1.42. The smallest absolute Gasteiger partial charge is 0.269 e. The molecule has 1 atom stereocenters. The van der Waals surface area contributed by atoms with Crippen LogP contribution in [0.25, 0.3) is 0 Å². The average Bonchev–Trinajstić information content (AvgIpc) is 2.24. The molecule has 0 fully saturated rings. The Labute approximate surface area is 111 Å². The molecule has 1 aromatic carbocycles. The van der Waals surface area contributed by atoms with Gasteiger partial charge in [-0.25, -0.2) is 0 Å². The van der Waals surface area contributed by atoms with Gasteiger partial charge in [0.15, 0.2) is 0 Å². The summed E-state index contributed by atoms with van der Waals surface area (Å²) < 4.78 is 0. The first kappa shape index (κ1) is 14.6. The van der Waals surface area contributed by atoms with Gasteiger partial charge in [0.25, 0.3) is 5.69 Å². The van der Waals surface area contributed by atoms with Crippen LogP contribution in [0.15, 0.2) is 24.3 Å². The molecular formula is C13H16ClNO3. The van der Waals surface area contributed by atoms with Crippen LogP contribution >= 0.6 is 11.6 Å². The van der Waals surface area contributed by atoms with Gasteiger partial charge in [-0.1, -0.05) is 32.9 Å². The summed E-state index contributed by atoms with van der Waals surface area (Å²) in [6, 6.07) is 6.20. The van der Waals surface area contributed by atoms with Crippen LogP contribution in [-0.4, -0.2) is 10.2 Å². The molecule has 1 aromatic rings. The standard InChI is InChI=1S/C13H16ClNO3/c1-13(2,3)11(12(14)16)8-9-4-6-10(7-5-9)15(17)18/h4-7,11H,8H2,1-3H3. The van der Waals surface area contributed by atoms with Crippen molar-refractivity contribution in [3.8, 4) is 0 Å². The van der Waals surface area contributed by atoms with Gasteiger partial charge in [0.1, 0.15) is 0 Å². The van der Waals surface area contributed by atoms with Crippen molar-refractivity contribution >= 4 is 22.5 Å². The summed E-state index contributed by atoms with van der Waals surface area (Å²) in [7, 11) is 0. The summed E-state index contributed by atoms with van der Waals surface area (Å²) in [5, 5.41) is 10.2. The number of hydrogen-bond donors (Lipinski definition) is 0. The maximum Gasteiger partial charge on any atom is 0.269 e. The van der Waals surface area contributed by atoms with E-state index in [-0.39, 0.29) is 22.3 Å². The second-order valence-corrected chi connectivity index (χ2v) is 5.72. The van der Waals surface area contributed by atoms with Gasteiger partial charge in [0, 0.05) is 18.1 Å². The zero-order chi connectivity index (χ0) is 13.9. The summed E-state index contributed by atoms with van der Waals surface area (Å²) in [6.07, 6.45) is 0.490. The lowest BCUT2D eigenvalue weighted by Crippen LogP contribution is -2.27. The van der Waals surface area contributed by atoms with Crippen LogP contribution in [-0.2, 0) is 11.2 Å². The first-order valence-electron chi connectivity index (χ1n) is 5.64. The molecule has 5 heteroatoms. The molecule has 0 radical (unpaired) electrons. The van der Waals surface area contributed by atoms with Crippen molar-refractivity contribution in [3.05, 3.63) is 39.9 Å². The highest BCUT2D eigenvalue weighted by molar-refractivity contribution is 6.64. The highest BCUT2D eigenvalue weighted by atomic mass is 35.5. The van der Waals surface area contributed by atoms with E-state index in [9.17, 15) is 14.9 Å². The largest absolute Gasteiger partial charge is 0.281 e. The molecule has 0 saturated carbocycles. The van der Waals surface area contributed by atoms with E-state index in [2.05, 4.69) is 0 Å². The van der Waals surface area contributed by atoms with E-state index < -0.39 is 4.92 Å². The van der Waals surface area contributed by atoms with E-state index in [1.807, 2.05) is 20.8 Å². The fraction of sp³-hybridized carbons (Fsp3) is 0.462. The predicted molar refractivity (Wildman–Crippen MR) is 70.6 cm³/mol. The summed E-state index contributed by atoms with van der Waals surface area (Å²) in [4.78, 5) is 21.5. The summed E-state index contributed by atoms with van der Waals surface area (Å²) >= 11 is 5.61. The maximum atomic E-state index is 11.4. The SMILES string of the molecule is CC(C)(C)C(Cc1ccc([N+](=O)[O-])cc1)C(=O)Cl. The fourth-order valence-corrected chi connectivity index (χ4v) is 2.12. The number of halogens is 1. The molecule has 0 aliphatic rings. The monoisotopic (exact) mass is 269 g/mol. The Morgan fingerprint density at radius 2 is 1.83 bits per heavy atom. The van der Waals surface area contributed by atoms with Gasteiger partial charge >= 0.3 is 0 Å². The van der Waals surface area contributed by atoms with Crippen molar-refractivity contribution < 1.29 is 9.72 Å². The van der Waals surface area contributed by atoms with E-state index in [0.29, 0.717) is 6.42 Å². The molecule has 0 aromatic heterocycles. The van der Waals surface area contributed by atoms with Gasteiger partial charge in [-0.2, -0.15) is 0 Å². The molecule has 0 spiro atoms. The molecule has 0 amide bonds. The first-order chi connectivity index (χ1) is 8.21. The third-order valence-corrected chi connectivity index (χ3v) is 3.17. The van der Waals surface area contributed by atoms with Gasteiger partial charge < -0.3 is 0 Å². The molecule has 98 valence electrons. The van der Waals surface area contributed by atoms with Gasteiger partial charge in [0.05, 0.1) is 4.92 Å². The van der Waals surface area contributed by atoms with Gasteiger partial charge in [-0.15, -0.1) is 0 Å². The molecule has 18 heavy (non-hydrogen) atoms. The number of nitrogens with zero attached hydrogens (tertiary/aromatic N) is 1. The first-order valence-corrected chi connectivity index (χ1v) is 6.02. The zero-order valence-electron chi connectivity index (χ0n) is 10.6. The van der Waals surface area contributed by atoms with E-state index in [1.165, 1.54) is 12.1 Å². The van der Waals surface area contributed by atoms with E-state index in [0.717, 1.165) is 5.56 Å². The number of non-ortho nitro benzene ring substituents is 1. The highest BCUT2D eigenvalue weighted by Gasteiger charge is 2.30. The Morgan fingerprint density at radius 1 is 1.33 bits per heavy atom. The molecule has 1 rings (SSSR count). The van der Waals surface area contributed by atoms with Crippen molar-refractivity contribution in [1.82, 2.24) is 0 Å². The van der Waals surface area contributed by atoms with Crippen LogP contribution in [0.5, 0.6) is 0 Å². The molecule has 1 unspecified atom stereocenters. The average molecular weight is 270 g/mol. The van der Waals surface area contributed by atoms with Crippen molar-refractivity contribution in [1.29, 1.82) is 0 Å². The number of rotatable bonds is 4. The summed E-state index contributed by atoms with van der Waals surface area (Å²) in [6.45, 7) is 5.84. The summed E-state index contributed by atoms with van der Waals surface area (Å²) in [5.74, 6) is -0.305. The Bertz CT molecular complexity index is 448. The number of carbonyl (C=O) groups excluding carboxylic acids is 1. The van der Waals surface area contributed by atoms with Crippen LogP contribution in [0.3, 0.4) is 0 Å². The molecule has 4 nitrogen and oxygen atoms in total. The lowest BCUT2D eigenvalue weighted by Gasteiger charge is -2.27. The molecule has 0 saturated heterocycles. The van der Waals surface area contributed by atoms with Gasteiger partial charge in [-0.05, 0) is 29.0 Å². The number of hydrogen-bond acceptors (Lipinski definition) is 3. The zero-order valence-corrected chi connectivity index (χ0v) is 11.4. The minimum Gasteiger partial charge on any atom is -0.281 e. The number of nitro benzene ring substituents is 1. The van der Waals surface area contributed by atoms with Crippen LogP contribution in [0.4, 0.5) is 5.69 Å². The van der Waals surface area contributed by atoms with E-state index in [1.54, 1.807) is 12.1 Å². The van der Waals surface area contributed by atoms with Crippen LogP contribution < -0.4 is 0 Å². The van der Waals surface area contributed by atoms with Gasteiger partial charge in [-0.3, -0.25) is 14.9 Å². The predicted octanol–water partition coefficient (Wildman–Crippen LogP) is 3.57. The Morgan fingerprint density at radius 3 is 2.17 bits per heavy atom. The molecule has 0 aliphatic carbocycles. The Balaban J connectivity index is 2.89. The molecule has 0 N–H and O–H groups in total. The third kappa shape index (κ3) is 3.81. The summed E-state index contributed by atoms with van der Waals surface area (Å²) in [5.41, 5.74) is 0.679. The lowest BCUT2D eigenvalue weighted by atomic mass is 9.78. The van der Waals surface area contributed by atoms with Crippen LogP contribution in [0.1, 0.15) is 26.3 Å². The quantitative estimate of drug-likeness (QED) is 0.477. The minimum absolute atomic E-state index is 0.0447. The maximum absolute atomic E-state index is 11.4.